The highest BCUT2D eigenvalue weighted by Crippen LogP contribution is 2.17. The Hall–Kier alpha value is 0.580. The van der Waals surface area contributed by atoms with Crippen molar-refractivity contribution in [3.8, 4) is 0 Å². The number of aliphatic hydroxyl groups excluding tert-OH is 2. The van der Waals surface area contributed by atoms with E-state index in [9.17, 15) is 0 Å². The Labute approximate surface area is 88.7 Å². The van der Waals surface area contributed by atoms with Crippen LogP contribution in [0.4, 0.5) is 0 Å². The minimum Gasteiger partial charge on any atom is -0.396 e. The Bertz CT molecular complexity index is 83.5. The summed E-state index contributed by atoms with van der Waals surface area (Å²) in [6, 6.07) is 0. The molecule has 0 saturated carbocycles. The molecule has 0 radical (unpaired) electrons. The Balaban J connectivity index is 2.76. The summed E-state index contributed by atoms with van der Waals surface area (Å²) in [6.45, 7) is 0.536. The molecule has 13 heavy (non-hydrogen) atoms. The maximum atomic E-state index is 8.49. The minimum absolute atomic E-state index is 0.268. The van der Waals surface area contributed by atoms with Crippen molar-refractivity contribution in [1.82, 2.24) is 0 Å². The third kappa shape index (κ3) is 12.6. The van der Waals surface area contributed by atoms with Crippen LogP contribution in [0.3, 0.4) is 0 Å². The molecular weight excluding hydrogens is 208 g/mol. The Morgan fingerprint density at radius 2 is 1.23 bits per heavy atom. The van der Waals surface area contributed by atoms with E-state index in [-0.39, 0.29) is 13.2 Å². The van der Waals surface area contributed by atoms with Gasteiger partial charge in [0.05, 0.1) is 0 Å². The van der Waals surface area contributed by atoms with Crippen LogP contribution in [0.15, 0.2) is 0 Å². The monoisotopic (exact) mass is 226 g/mol. The maximum absolute atomic E-state index is 8.49. The number of aliphatic hydroxyl groups is 2. The van der Waals surface area contributed by atoms with Crippen LogP contribution in [0.1, 0.15) is 25.7 Å². The molecule has 0 atom stereocenters. The molecule has 0 bridgehead atoms. The topological polar surface area (TPSA) is 49.7 Å². The fourth-order valence-corrected chi connectivity index (χ4v) is 2.11. The highest BCUT2D eigenvalue weighted by Gasteiger charge is 1.92. The zero-order chi connectivity index (χ0) is 9.78. The van der Waals surface area contributed by atoms with Crippen LogP contribution >= 0.6 is 24.1 Å². The second-order valence-electron chi connectivity index (χ2n) is 2.57. The molecule has 0 aliphatic heterocycles. The first kappa shape index (κ1) is 13.6. The third-order valence-electron chi connectivity index (χ3n) is 1.37. The molecule has 0 unspecified atom stereocenters. The predicted octanol–water partition coefficient (Wildman–Crippen LogP) is 1.84. The summed E-state index contributed by atoms with van der Waals surface area (Å²) < 4.78 is 5.20. The molecule has 0 spiro atoms. The number of hydrogen-bond donors (Lipinski definition) is 2. The van der Waals surface area contributed by atoms with Crippen LogP contribution in [0.5, 0.6) is 0 Å². The second-order valence-corrected chi connectivity index (χ2v) is 4.41. The van der Waals surface area contributed by atoms with Crippen LogP contribution in [0.25, 0.3) is 0 Å². The van der Waals surface area contributed by atoms with Gasteiger partial charge in [-0.3, -0.25) is 0 Å². The summed E-state index contributed by atoms with van der Waals surface area (Å²) in [5.74, 6) is 1.88. The summed E-state index contributed by atoms with van der Waals surface area (Å²) in [5.41, 5.74) is 0. The molecule has 0 aliphatic rings. The fraction of sp³-hybridized carbons (Fsp3) is 1.00. The Morgan fingerprint density at radius 3 is 1.62 bits per heavy atom. The summed E-state index contributed by atoms with van der Waals surface area (Å²) >= 11 is 2.88. The van der Waals surface area contributed by atoms with Gasteiger partial charge in [0.1, 0.15) is 0 Å². The molecule has 0 aliphatic carbocycles. The molecule has 0 aromatic carbocycles. The van der Waals surface area contributed by atoms with Gasteiger partial charge in [-0.2, -0.15) is 0 Å². The first-order valence-corrected chi connectivity index (χ1v) is 6.36. The van der Waals surface area contributed by atoms with Gasteiger partial charge in [-0.1, -0.05) is 0 Å². The first-order valence-electron chi connectivity index (χ1n) is 4.54. The first-order chi connectivity index (χ1) is 6.41. The number of unbranched alkanes of at least 4 members (excludes halogenated alkanes) is 2. The largest absolute Gasteiger partial charge is 0.396 e. The van der Waals surface area contributed by atoms with Gasteiger partial charge in [-0.15, -0.1) is 0 Å². The predicted molar refractivity (Wildman–Crippen MR) is 58.6 cm³/mol. The van der Waals surface area contributed by atoms with Crippen molar-refractivity contribution in [2.24, 2.45) is 0 Å². The van der Waals surface area contributed by atoms with E-state index < -0.39 is 0 Å². The van der Waals surface area contributed by atoms with Gasteiger partial charge in [-0.25, -0.2) is 3.63 Å². The van der Waals surface area contributed by atoms with Crippen molar-refractivity contribution in [2.75, 3.05) is 24.7 Å². The summed E-state index contributed by atoms with van der Waals surface area (Å²) in [4.78, 5) is 0. The molecule has 0 amide bonds. The van der Waals surface area contributed by atoms with Crippen molar-refractivity contribution in [1.29, 1.82) is 0 Å². The SMILES string of the molecule is OCCCCSOSCCCCO. The average molecular weight is 226 g/mol. The lowest BCUT2D eigenvalue weighted by Crippen LogP contribution is -1.87. The normalized spacial score (nSPS) is 10.6. The lowest BCUT2D eigenvalue weighted by molar-refractivity contribution is 0.287. The van der Waals surface area contributed by atoms with E-state index in [2.05, 4.69) is 0 Å². The van der Waals surface area contributed by atoms with E-state index in [0.29, 0.717) is 0 Å². The number of rotatable bonds is 10. The average Bonchev–Trinajstić information content (AvgIpc) is 2.16. The van der Waals surface area contributed by atoms with Crippen LogP contribution < -0.4 is 0 Å². The van der Waals surface area contributed by atoms with E-state index in [0.717, 1.165) is 37.2 Å². The summed E-state index contributed by atoms with van der Waals surface area (Å²) in [6.07, 6.45) is 3.70. The van der Waals surface area contributed by atoms with Crippen LogP contribution in [0.2, 0.25) is 0 Å². The van der Waals surface area contributed by atoms with E-state index in [1.807, 2.05) is 0 Å². The van der Waals surface area contributed by atoms with Gasteiger partial charge in [0.15, 0.2) is 0 Å². The Kier molecular flexibility index (Phi) is 13.1. The van der Waals surface area contributed by atoms with Crippen molar-refractivity contribution in [2.45, 2.75) is 25.7 Å². The summed E-state index contributed by atoms with van der Waals surface area (Å²) in [7, 11) is 0. The highest BCUT2D eigenvalue weighted by molar-refractivity contribution is 8.07. The van der Waals surface area contributed by atoms with Crippen LogP contribution in [-0.2, 0) is 3.63 Å². The van der Waals surface area contributed by atoms with E-state index in [1.165, 1.54) is 24.1 Å². The highest BCUT2D eigenvalue weighted by atomic mass is 32.2. The van der Waals surface area contributed by atoms with Crippen molar-refractivity contribution in [3.05, 3.63) is 0 Å². The molecule has 0 saturated heterocycles. The Morgan fingerprint density at radius 1 is 0.769 bits per heavy atom. The van der Waals surface area contributed by atoms with Gasteiger partial charge in [0, 0.05) is 48.8 Å². The van der Waals surface area contributed by atoms with E-state index in [4.69, 9.17) is 13.8 Å². The van der Waals surface area contributed by atoms with E-state index in [1.54, 1.807) is 0 Å². The van der Waals surface area contributed by atoms with Gasteiger partial charge >= 0.3 is 0 Å². The van der Waals surface area contributed by atoms with Crippen molar-refractivity contribution >= 4 is 24.1 Å². The van der Waals surface area contributed by atoms with Crippen LogP contribution in [0, 0.1) is 0 Å². The molecule has 5 heteroatoms. The molecule has 0 aromatic heterocycles. The summed E-state index contributed by atoms with van der Waals surface area (Å²) in [5, 5.41) is 17.0. The van der Waals surface area contributed by atoms with Gasteiger partial charge in [0.25, 0.3) is 0 Å². The molecule has 0 heterocycles. The van der Waals surface area contributed by atoms with Gasteiger partial charge in [0.2, 0.25) is 0 Å². The standard InChI is InChI=1S/C8H18O3S2/c9-5-1-3-7-12-11-13-8-4-2-6-10/h9-10H,1-8H2. The lowest BCUT2D eigenvalue weighted by Gasteiger charge is -2.00. The molecule has 0 rings (SSSR count). The van der Waals surface area contributed by atoms with E-state index >= 15 is 0 Å². The second kappa shape index (κ2) is 12.6. The fourth-order valence-electron chi connectivity index (χ4n) is 0.648. The lowest BCUT2D eigenvalue weighted by atomic mass is 10.4. The van der Waals surface area contributed by atoms with Gasteiger partial charge < -0.3 is 10.2 Å². The molecule has 2 N–H and O–H groups in total. The molecule has 0 aromatic rings. The maximum Gasteiger partial charge on any atom is 0.0431 e. The molecule has 0 fully saturated rings. The van der Waals surface area contributed by atoms with Crippen molar-refractivity contribution in [3.63, 3.8) is 0 Å². The minimum atomic E-state index is 0.268. The number of hydrogen-bond acceptors (Lipinski definition) is 5. The zero-order valence-corrected chi connectivity index (χ0v) is 9.41. The molecule has 80 valence electrons. The van der Waals surface area contributed by atoms with Crippen LogP contribution in [-0.4, -0.2) is 34.9 Å². The third-order valence-corrected chi connectivity index (χ3v) is 3.05. The van der Waals surface area contributed by atoms with Crippen molar-refractivity contribution < 1.29 is 13.8 Å². The molecular formula is C8H18O3S2. The quantitative estimate of drug-likeness (QED) is 0.440. The smallest absolute Gasteiger partial charge is 0.0431 e. The van der Waals surface area contributed by atoms with Gasteiger partial charge in [-0.05, 0) is 25.7 Å². The molecule has 3 nitrogen and oxygen atoms in total. The zero-order valence-electron chi connectivity index (χ0n) is 7.78.